The van der Waals surface area contributed by atoms with Crippen LogP contribution in [0.25, 0.3) is 16.2 Å². The van der Waals surface area contributed by atoms with Crippen LogP contribution in [0.4, 0.5) is 0 Å². The van der Waals surface area contributed by atoms with Gasteiger partial charge in [0, 0.05) is 38.4 Å². The number of thioether (sulfide) groups is 1. The fraction of sp³-hybridized carbons (Fsp3) is 0.540. The number of dihydropyridines is 1. The highest BCUT2D eigenvalue weighted by molar-refractivity contribution is 7.99. The van der Waals surface area contributed by atoms with Crippen LogP contribution in [0.3, 0.4) is 0 Å². The Morgan fingerprint density at radius 1 is 1.04 bits per heavy atom. The van der Waals surface area contributed by atoms with Crippen molar-refractivity contribution in [3.63, 3.8) is 0 Å². The Morgan fingerprint density at radius 2 is 1.84 bits per heavy atom. The molecule has 3 aliphatic heterocycles. The summed E-state index contributed by atoms with van der Waals surface area (Å²) in [7, 11) is 2.46. The number of aryl methyl sites for hydroxylation is 1. The van der Waals surface area contributed by atoms with Crippen LogP contribution in [0.2, 0.25) is 0 Å². The summed E-state index contributed by atoms with van der Waals surface area (Å²) in [5.41, 5.74) is 15.2. The van der Waals surface area contributed by atoms with E-state index in [1.807, 2.05) is 11.8 Å². The van der Waals surface area contributed by atoms with Crippen LogP contribution in [0.15, 0.2) is 93.6 Å². The van der Waals surface area contributed by atoms with Crippen LogP contribution in [-0.2, 0) is 6.42 Å². The van der Waals surface area contributed by atoms with Gasteiger partial charge in [-0.05, 0) is 147 Å². The highest BCUT2D eigenvalue weighted by Gasteiger charge is 2.58. The van der Waals surface area contributed by atoms with E-state index in [9.17, 15) is 0 Å². The fourth-order valence-electron chi connectivity index (χ4n) is 11.2. The predicted octanol–water partition coefficient (Wildman–Crippen LogP) is 13.0. The lowest BCUT2D eigenvalue weighted by Gasteiger charge is -2.41. The van der Waals surface area contributed by atoms with E-state index >= 15 is 0 Å². The standard InChI is InChI=1S/C50H63N3S2/c1-29(2)20-21-31(5)32(6)38-18-13-19-43-48(38)52(7)50-46-41-25-33-14-9-10-15-34(33)27-44(41)55-49(46)47(53(43)50)37-23-35(24-37)39-16-11-12-17-40(39)42-26-36(22-30(3)4)45(54-8)28-51-42/h10-11,15-16,18,23,25-27,29-30,32,35,43,45,47-48,50H,5,9,12-14,17,19-22,24,28H2,1-4,6-8H3. The molecular weight excluding hydrogens is 707 g/mol. The Labute approximate surface area is 340 Å². The molecule has 0 N–H and O–H groups in total. The number of hydrogen-bond acceptors (Lipinski definition) is 5. The van der Waals surface area contributed by atoms with Crippen molar-refractivity contribution in [1.82, 2.24) is 9.80 Å². The Balaban J connectivity index is 1.09. The molecule has 3 nitrogen and oxygen atoms in total. The van der Waals surface area contributed by atoms with Gasteiger partial charge >= 0.3 is 0 Å². The van der Waals surface area contributed by atoms with Crippen molar-refractivity contribution >= 4 is 45.0 Å². The second-order valence-corrected chi connectivity index (χ2v) is 20.7. The summed E-state index contributed by atoms with van der Waals surface area (Å²) in [6, 6.07) is 6.44. The number of rotatable bonds is 11. The molecule has 4 aliphatic carbocycles. The number of allylic oxidation sites excluding steroid dienone is 9. The zero-order valence-corrected chi connectivity index (χ0v) is 36.2. The monoisotopic (exact) mass is 769 g/mol. The first-order chi connectivity index (χ1) is 26.6. The Kier molecular flexibility index (Phi) is 10.5. The second kappa shape index (κ2) is 15.2. The molecule has 0 spiro atoms. The van der Waals surface area contributed by atoms with E-state index in [-0.39, 0.29) is 0 Å². The summed E-state index contributed by atoms with van der Waals surface area (Å²) in [5.74, 6) is 2.27. The lowest BCUT2D eigenvalue weighted by Crippen LogP contribution is -2.43. The molecule has 7 unspecified atom stereocenters. The molecule has 1 saturated heterocycles. The number of hydrogen-bond donors (Lipinski definition) is 0. The Morgan fingerprint density at radius 3 is 2.62 bits per heavy atom. The first-order valence-corrected chi connectivity index (χ1v) is 23.7. The second-order valence-electron chi connectivity index (χ2n) is 18.6. The van der Waals surface area contributed by atoms with Gasteiger partial charge in [0.2, 0.25) is 0 Å². The van der Waals surface area contributed by atoms with Gasteiger partial charge in [-0.3, -0.25) is 14.8 Å². The Hall–Kier alpha value is -2.70. The molecule has 2 aromatic rings. The van der Waals surface area contributed by atoms with E-state index in [0.717, 1.165) is 45.1 Å². The van der Waals surface area contributed by atoms with E-state index in [4.69, 9.17) is 11.6 Å². The van der Waals surface area contributed by atoms with Gasteiger partial charge in [-0.2, -0.15) is 11.8 Å². The third-order valence-electron chi connectivity index (χ3n) is 14.1. The summed E-state index contributed by atoms with van der Waals surface area (Å²) in [6.45, 7) is 17.5. The lowest BCUT2D eigenvalue weighted by atomic mass is 9.73. The summed E-state index contributed by atoms with van der Waals surface area (Å²) < 4.78 is 1.48. The van der Waals surface area contributed by atoms with Gasteiger partial charge in [0.05, 0.1) is 24.5 Å². The summed E-state index contributed by atoms with van der Waals surface area (Å²) >= 11 is 4.08. The van der Waals surface area contributed by atoms with Crippen molar-refractivity contribution < 1.29 is 0 Å². The largest absolute Gasteiger partial charge is 0.284 e. The minimum Gasteiger partial charge on any atom is -0.284 e. The first kappa shape index (κ1) is 37.9. The number of aliphatic imine (C=N–C) groups is 1. The van der Waals surface area contributed by atoms with Gasteiger partial charge in [-0.25, -0.2) is 0 Å². The van der Waals surface area contributed by atoms with Crippen LogP contribution < -0.4 is 0 Å². The van der Waals surface area contributed by atoms with E-state index in [1.165, 1.54) is 69.3 Å². The van der Waals surface area contributed by atoms with Gasteiger partial charge < -0.3 is 0 Å². The van der Waals surface area contributed by atoms with E-state index in [1.54, 1.807) is 27.2 Å². The first-order valence-electron chi connectivity index (χ1n) is 21.6. The van der Waals surface area contributed by atoms with Gasteiger partial charge in [0.15, 0.2) is 0 Å². The van der Waals surface area contributed by atoms with Gasteiger partial charge in [-0.1, -0.05) is 94.4 Å². The van der Waals surface area contributed by atoms with Crippen LogP contribution in [0, 0.1) is 23.7 Å². The molecule has 290 valence electrons. The average Bonchev–Trinajstić information content (AvgIpc) is 3.78. The number of nitrogens with zero attached hydrogens (tertiary/aromatic N) is 3. The fourth-order valence-corrected chi connectivity index (χ4v) is 13.3. The molecule has 7 atom stereocenters. The molecule has 0 saturated carbocycles. The van der Waals surface area contributed by atoms with Gasteiger partial charge in [0.1, 0.15) is 0 Å². The van der Waals surface area contributed by atoms with Gasteiger partial charge in [0.25, 0.3) is 0 Å². The summed E-state index contributed by atoms with van der Waals surface area (Å²) in [5, 5.41) is 2.05. The third kappa shape index (κ3) is 6.61. The molecule has 0 bridgehead atoms. The molecular formula is C50H63N3S2. The molecule has 55 heavy (non-hydrogen) atoms. The Bertz CT molecular complexity index is 2100. The van der Waals surface area contributed by atoms with Crippen LogP contribution in [0.5, 0.6) is 0 Å². The quantitative estimate of drug-likeness (QED) is 0.212. The molecule has 1 aromatic carbocycles. The third-order valence-corrected chi connectivity index (χ3v) is 16.4. The highest BCUT2D eigenvalue weighted by Crippen LogP contribution is 2.62. The van der Waals surface area contributed by atoms with Crippen LogP contribution >= 0.6 is 23.1 Å². The summed E-state index contributed by atoms with van der Waals surface area (Å²) in [4.78, 5) is 12.7. The minimum absolute atomic E-state index is 0.313. The van der Waals surface area contributed by atoms with Crippen molar-refractivity contribution in [1.29, 1.82) is 0 Å². The molecule has 0 radical (unpaired) electrons. The maximum atomic E-state index is 5.27. The SMILES string of the molecule is C=C(CCC(C)C)C(C)C1=CCCC2C1N(C)C1c3c(sc4cc5c(cc34)CCC=C5)C(C3=CC(C4=C(C5=NCC(SC)C(CC(C)C)=C5)CCC=C4)C3)N21. The topological polar surface area (TPSA) is 18.8 Å². The van der Waals surface area contributed by atoms with Crippen molar-refractivity contribution in [2.75, 3.05) is 19.8 Å². The number of benzene rings is 1. The van der Waals surface area contributed by atoms with Crippen molar-refractivity contribution in [3.05, 3.63) is 110 Å². The van der Waals surface area contributed by atoms with E-state index in [2.05, 4.69) is 124 Å². The molecule has 1 fully saturated rings. The summed E-state index contributed by atoms with van der Waals surface area (Å²) in [6.07, 6.45) is 31.7. The van der Waals surface area contributed by atoms with Crippen molar-refractivity contribution in [2.45, 2.75) is 128 Å². The average molecular weight is 770 g/mol. The zero-order chi connectivity index (χ0) is 38.1. The molecule has 4 heterocycles. The normalized spacial score (nSPS) is 29.5. The number of thiophene rings is 1. The highest BCUT2D eigenvalue weighted by atomic mass is 32.2. The molecule has 0 amide bonds. The van der Waals surface area contributed by atoms with E-state index < -0.39 is 0 Å². The van der Waals surface area contributed by atoms with Gasteiger partial charge in [-0.15, -0.1) is 11.3 Å². The molecule has 1 aromatic heterocycles. The molecule has 7 aliphatic rings. The smallest absolute Gasteiger partial charge is 0.0917 e. The molecule has 9 rings (SSSR count). The van der Waals surface area contributed by atoms with Crippen LogP contribution in [-0.4, -0.2) is 52.7 Å². The van der Waals surface area contributed by atoms with E-state index in [0.29, 0.717) is 53.2 Å². The number of likely N-dealkylation sites (N-methyl/N-ethyl adjacent to an activating group) is 1. The van der Waals surface area contributed by atoms with Crippen molar-refractivity contribution in [3.8, 4) is 0 Å². The lowest BCUT2D eigenvalue weighted by molar-refractivity contribution is 0.123. The number of fused-ring (bicyclic) bond motifs is 8. The minimum atomic E-state index is 0.313. The van der Waals surface area contributed by atoms with Crippen molar-refractivity contribution in [2.24, 2.45) is 28.7 Å². The van der Waals surface area contributed by atoms with Crippen LogP contribution in [0.1, 0.15) is 126 Å². The zero-order valence-electron chi connectivity index (χ0n) is 34.5. The predicted molar refractivity (Wildman–Crippen MR) is 240 cm³/mol. The maximum absolute atomic E-state index is 5.27. The molecule has 5 heteroatoms. The maximum Gasteiger partial charge on any atom is 0.0917 e.